The SMILES string of the molecule is COc1ccc(CN2C=NC(C(N)=O)C2)c(F)c1-c1cccc(Cl)c1. The minimum absolute atomic E-state index is 0.274. The fourth-order valence-electron chi connectivity index (χ4n) is 2.79. The van der Waals surface area contributed by atoms with Gasteiger partial charge < -0.3 is 15.4 Å². The van der Waals surface area contributed by atoms with Crippen molar-refractivity contribution in [2.45, 2.75) is 12.6 Å². The molecule has 2 aromatic rings. The van der Waals surface area contributed by atoms with Gasteiger partial charge in [-0.05, 0) is 23.8 Å². The van der Waals surface area contributed by atoms with E-state index in [2.05, 4.69) is 4.99 Å². The molecule has 1 amide bonds. The summed E-state index contributed by atoms with van der Waals surface area (Å²) in [6, 6.07) is 9.73. The molecule has 0 spiro atoms. The van der Waals surface area contributed by atoms with Crippen molar-refractivity contribution in [3.63, 3.8) is 0 Å². The van der Waals surface area contributed by atoms with Gasteiger partial charge in [-0.3, -0.25) is 9.79 Å². The minimum Gasteiger partial charge on any atom is -0.496 e. The molecular weight excluding hydrogens is 345 g/mol. The number of hydrogen-bond donors (Lipinski definition) is 1. The van der Waals surface area contributed by atoms with Gasteiger partial charge in [0.1, 0.15) is 17.6 Å². The van der Waals surface area contributed by atoms with Crippen molar-refractivity contribution in [2.75, 3.05) is 13.7 Å². The van der Waals surface area contributed by atoms with Crippen LogP contribution in [-0.2, 0) is 11.3 Å². The van der Waals surface area contributed by atoms with Crippen molar-refractivity contribution in [1.29, 1.82) is 0 Å². The third-order valence-corrected chi connectivity index (χ3v) is 4.27. The predicted molar refractivity (Wildman–Crippen MR) is 95.3 cm³/mol. The Morgan fingerprint density at radius 1 is 1.44 bits per heavy atom. The molecule has 0 aliphatic carbocycles. The van der Waals surface area contributed by atoms with Crippen LogP contribution in [0.25, 0.3) is 11.1 Å². The summed E-state index contributed by atoms with van der Waals surface area (Å²) in [7, 11) is 1.49. The molecular formula is C18H17ClFN3O2. The molecule has 0 saturated heterocycles. The molecule has 5 nitrogen and oxygen atoms in total. The molecule has 0 aromatic heterocycles. The number of halogens is 2. The van der Waals surface area contributed by atoms with E-state index in [0.717, 1.165) is 0 Å². The maximum Gasteiger partial charge on any atom is 0.244 e. The normalized spacial score (nSPS) is 16.3. The molecule has 0 bridgehead atoms. The van der Waals surface area contributed by atoms with E-state index in [9.17, 15) is 4.79 Å². The van der Waals surface area contributed by atoms with Crippen LogP contribution in [0.4, 0.5) is 4.39 Å². The second kappa shape index (κ2) is 7.11. The average molecular weight is 362 g/mol. The first-order valence-corrected chi connectivity index (χ1v) is 8.05. The molecule has 25 heavy (non-hydrogen) atoms. The lowest BCUT2D eigenvalue weighted by molar-refractivity contribution is -0.119. The molecule has 1 aliphatic heterocycles. The van der Waals surface area contributed by atoms with Gasteiger partial charge in [-0.25, -0.2) is 4.39 Å². The predicted octanol–water partition coefficient (Wildman–Crippen LogP) is 2.85. The number of carbonyl (C=O) groups excluding carboxylic acids is 1. The van der Waals surface area contributed by atoms with Gasteiger partial charge in [0.15, 0.2) is 0 Å². The molecule has 0 fully saturated rings. The number of rotatable bonds is 5. The first kappa shape index (κ1) is 17.2. The lowest BCUT2D eigenvalue weighted by Gasteiger charge is -2.18. The highest BCUT2D eigenvalue weighted by atomic mass is 35.5. The summed E-state index contributed by atoms with van der Waals surface area (Å²) in [5, 5.41) is 0.514. The third-order valence-electron chi connectivity index (χ3n) is 4.04. The van der Waals surface area contributed by atoms with E-state index in [1.54, 1.807) is 41.3 Å². The Morgan fingerprint density at radius 3 is 2.88 bits per heavy atom. The zero-order valence-corrected chi connectivity index (χ0v) is 14.3. The second-order valence-electron chi connectivity index (χ2n) is 5.74. The molecule has 130 valence electrons. The lowest BCUT2D eigenvalue weighted by atomic mass is 10.0. The molecule has 3 rings (SSSR count). The van der Waals surface area contributed by atoms with Crippen LogP contribution in [0, 0.1) is 5.82 Å². The van der Waals surface area contributed by atoms with Gasteiger partial charge in [-0.2, -0.15) is 0 Å². The summed E-state index contributed by atoms with van der Waals surface area (Å²) in [5.74, 6) is -0.459. The molecule has 0 radical (unpaired) electrons. The van der Waals surface area contributed by atoms with Gasteiger partial charge in [0.05, 0.1) is 25.6 Å². The Kier molecular flexibility index (Phi) is 4.90. The quantitative estimate of drug-likeness (QED) is 0.890. The van der Waals surface area contributed by atoms with Crippen LogP contribution in [-0.4, -0.2) is 36.8 Å². The van der Waals surface area contributed by atoms with E-state index in [4.69, 9.17) is 22.1 Å². The third kappa shape index (κ3) is 3.58. The highest BCUT2D eigenvalue weighted by Gasteiger charge is 2.24. The van der Waals surface area contributed by atoms with Gasteiger partial charge in [0.2, 0.25) is 5.91 Å². The summed E-state index contributed by atoms with van der Waals surface area (Å²) < 4.78 is 20.5. The van der Waals surface area contributed by atoms with Gasteiger partial charge in [0.25, 0.3) is 0 Å². The number of hydrogen-bond acceptors (Lipinski definition) is 4. The Balaban J connectivity index is 1.93. The van der Waals surface area contributed by atoms with Gasteiger partial charge in [0, 0.05) is 17.1 Å². The molecule has 2 N–H and O–H groups in total. The highest BCUT2D eigenvalue weighted by molar-refractivity contribution is 6.30. The van der Waals surface area contributed by atoms with Gasteiger partial charge in [-0.1, -0.05) is 29.8 Å². The largest absolute Gasteiger partial charge is 0.496 e. The number of aliphatic imine (C=N–C) groups is 1. The van der Waals surface area contributed by atoms with Crippen molar-refractivity contribution in [3.05, 3.63) is 52.8 Å². The minimum atomic E-state index is -0.589. The zero-order chi connectivity index (χ0) is 18.0. The number of carbonyl (C=O) groups is 1. The fourth-order valence-corrected chi connectivity index (χ4v) is 2.98. The number of methoxy groups -OCH3 is 1. The van der Waals surface area contributed by atoms with Crippen LogP contribution >= 0.6 is 11.6 Å². The van der Waals surface area contributed by atoms with Crippen LogP contribution in [0.3, 0.4) is 0 Å². The first-order valence-electron chi connectivity index (χ1n) is 7.67. The Bertz CT molecular complexity index is 841. The number of nitrogens with two attached hydrogens (primary N) is 1. The van der Waals surface area contributed by atoms with E-state index in [-0.39, 0.29) is 6.54 Å². The van der Waals surface area contributed by atoms with E-state index in [0.29, 0.717) is 34.0 Å². The molecule has 7 heteroatoms. The highest BCUT2D eigenvalue weighted by Crippen LogP contribution is 2.35. The maximum absolute atomic E-state index is 15.2. The fraction of sp³-hybridized carbons (Fsp3) is 0.222. The number of benzene rings is 2. The smallest absolute Gasteiger partial charge is 0.244 e. The number of nitrogens with zero attached hydrogens (tertiary/aromatic N) is 2. The summed E-state index contributed by atoms with van der Waals surface area (Å²) in [6.07, 6.45) is 1.53. The van der Waals surface area contributed by atoms with E-state index < -0.39 is 17.8 Å². The van der Waals surface area contributed by atoms with Crippen LogP contribution in [0.15, 0.2) is 41.4 Å². The standard InChI is InChI=1S/C18H17ClFN3O2/c1-25-15-6-5-12(8-23-9-14(18(21)24)22-10-23)17(20)16(15)11-3-2-4-13(19)7-11/h2-7,10,14H,8-9H2,1H3,(H2,21,24). The van der Waals surface area contributed by atoms with Gasteiger partial charge in [-0.15, -0.1) is 0 Å². The van der Waals surface area contributed by atoms with Crippen LogP contribution in [0.5, 0.6) is 5.75 Å². The maximum atomic E-state index is 15.2. The zero-order valence-electron chi connectivity index (χ0n) is 13.6. The van der Waals surface area contributed by atoms with Crippen molar-refractivity contribution in [3.8, 4) is 16.9 Å². The van der Waals surface area contributed by atoms with Crippen LogP contribution < -0.4 is 10.5 Å². The number of primary amides is 1. The van der Waals surface area contributed by atoms with Crippen molar-refractivity contribution in [2.24, 2.45) is 10.7 Å². The first-order chi connectivity index (χ1) is 12.0. The lowest BCUT2D eigenvalue weighted by Crippen LogP contribution is -2.32. The Morgan fingerprint density at radius 2 is 2.24 bits per heavy atom. The topological polar surface area (TPSA) is 67.9 Å². The molecule has 1 aliphatic rings. The Labute approximate surface area is 149 Å². The van der Waals surface area contributed by atoms with Crippen LogP contribution in [0.1, 0.15) is 5.56 Å². The van der Waals surface area contributed by atoms with E-state index >= 15 is 4.39 Å². The molecule has 1 atom stereocenters. The second-order valence-corrected chi connectivity index (χ2v) is 6.17. The van der Waals surface area contributed by atoms with Crippen molar-refractivity contribution < 1.29 is 13.9 Å². The van der Waals surface area contributed by atoms with Gasteiger partial charge >= 0.3 is 0 Å². The van der Waals surface area contributed by atoms with E-state index in [1.165, 1.54) is 13.4 Å². The number of ether oxygens (including phenoxy) is 1. The average Bonchev–Trinajstić information content (AvgIpc) is 3.05. The van der Waals surface area contributed by atoms with Crippen molar-refractivity contribution >= 4 is 23.8 Å². The monoisotopic (exact) mass is 361 g/mol. The van der Waals surface area contributed by atoms with E-state index in [1.807, 2.05) is 0 Å². The van der Waals surface area contributed by atoms with Crippen molar-refractivity contribution in [1.82, 2.24) is 4.90 Å². The summed E-state index contributed by atoms with van der Waals surface area (Å²) >= 11 is 6.03. The summed E-state index contributed by atoms with van der Waals surface area (Å²) in [6.45, 7) is 0.615. The Hall–Kier alpha value is -2.60. The molecule has 2 aromatic carbocycles. The molecule has 1 heterocycles. The summed E-state index contributed by atoms with van der Waals surface area (Å²) in [4.78, 5) is 17.0. The molecule has 1 unspecified atom stereocenters. The summed E-state index contributed by atoms with van der Waals surface area (Å²) in [5.41, 5.74) is 6.70. The van der Waals surface area contributed by atoms with Crippen LogP contribution in [0.2, 0.25) is 5.02 Å². The molecule has 0 saturated carbocycles. The number of amides is 1.